The second kappa shape index (κ2) is 6.68. The molecule has 0 aromatic heterocycles. The Balaban J connectivity index is 2.05. The Morgan fingerprint density at radius 1 is 1.20 bits per heavy atom. The van der Waals surface area contributed by atoms with E-state index in [1.165, 1.54) is 18.2 Å². The molecule has 0 fully saturated rings. The molecule has 0 spiro atoms. The third kappa shape index (κ3) is 3.92. The van der Waals surface area contributed by atoms with Crippen molar-refractivity contribution in [1.82, 2.24) is 0 Å². The maximum absolute atomic E-state index is 12.7. The number of halogens is 3. The normalized spacial score (nSPS) is 10.8. The van der Waals surface area contributed by atoms with Gasteiger partial charge in [-0.25, -0.2) is 4.39 Å². The van der Waals surface area contributed by atoms with Crippen LogP contribution in [0, 0.1) is 5.82 Å². The lowest BCUT2D eigenvalue weighted by Crippen LogP contribution is -2.08. The Kier molecular flexibility index (Phi) is 4.93. The van der Waals surface area contributed by atoms with E-state index < -0.39 is 0 Å². The van der Waals surface area contributed by atoms with Gasteiger partial charge in [0.25, 0.3) is 0 Å². The number of hydrogen-bond donors (Lipinski definition) is 1. The first-order chi connectivity index (χ1) is 9.56. The van der Waals surface area contributed by atoms with Gasteiger partial charge in [0, 0.05) is 6.08 Å². The van der Waals surface area contributed by atoms with Crippen molar-refractivity contribution in [3.8, 4) is 0 Å². The molecule has 102 valence electrons. The van der Waals surface area contributed by atoms with Crippen molar-refractivity contribution >= 4 is 45.2 Å². The number of hydrogen-bond acceptors (Lipinski definition) is 1. The molecule has 1 N–H and O–H groups in total. The molecule has 2 nitrogen and oxygen atoms in total. The topological polar surface area (TPSA) is 29.1 Å². The van der Waals surface area contributed by atoms with Crippen molar-refractivity contribution in [2.75, 3.05) is 5.32 Å². The van der Waals surface area contributed by atoms with Gasteiger partial charge >= 0.3 is 0 Å². The summed E-state index contributed by atoms with van der Waals surface area (Å²) in [5, 5.41) is 3.22. The van der Waals surface area contributed by atoms with Crippen LogP contribution in [0.4, 0.5) is 10.1 Å². The van der Waals surface area contributed by atoms with Crippen molar-refractivity contribution in [1.29, 1.82) is 0 Å². The van der Waals surface area contributed by atoms with E-state index in [9.17, 15) is 9.18 Å². The number of benzene rings is 2. The summed E-state index contributed by atoms with van der Waals surface area (Å²) < 4.78 is 13.4. The van der Waals surface area contributed by atoms with Gasteiger partial charge < -0.3 is 5.32 Å². The summed E-state index contributed by atoms with van der Waals surface area (Å²) in [7, 11) is 0. The minimum atomic E-state index is -0.311. The van der Waals surface area contributed by atoms with Gasteiger partial charge in [-0.2, -0.15) is 0 Å². The molecule has 20 heavy (non-hydrogen) atoms. The molecule has 0 heterocycles. The predicted molar refractivity (Wildman–Crippen MR) is 83.2 cm³/mol. The van der Waals surface area contributed by atoms with Crippen LogP contribution < -0.4 is 5.32 Å². The Bertz CT molecular complexity index is 655. The lowest BCUT2D eigenvalue weighted by molar-refractivity contribution is -0.111. The predicted octanol–water partition coefficient (Wildman–Crippen LogP) is 4.89. The second-order valence-corrected chi connectivity index (χ2v) is 5.18. The highest BCUT2D eigenvalue weighted by atomic mass is 79.9. The van der Waals surface area contributed by atoms with Crippen molar-refractivity contribution in [2.24, 2.45) is 0 Å². The smallest absolute Gasteiger partial charge is 0.248 e. The molecule has 0 unspecified atom stereocenters. The quantitative estimate of drug-likeness (QED) is 0.781. The van der Waals surface area contributed by atoms with Gasteiger partial charge in [-0.05, 0) is 51.8 Å². The Labute approximate surface area is 129 Å². The molecule has 0 aliphatic heterocycles. The zero-order chi connectivity index (χ0) is 14.5. The minimum Gasteiger partial charge on any atom is -0.321 e. The Hall–Kier alpha value is -1.65. The van der Waals surface area contributed by atoms with Gasteiger partial charge in [0.05, 0.1) is 15.2 Å². The Morgan fingerprint density at radius 2 is 1.90 bits per heavy atom. The highest BCUT2D eigenvalue weighted by Crippen LogP contribution is 2.29. The lowest BCUT2D eigenvalue weighted by atomic mass is 10.2. The first kappa shape index (κ1) is 14.8. The number of rotatable bonds is 3. The molecule has 0 aliphatic rings. The average Bonchev–Trinajstić information content (AvgIpc) is 2.43. The van der Waals surface area contributed by atoms with Crippen molar-refractivity contribution in [3.63, 3.8) is 0 Å². The van der Waals surface area contributed by atoms with Crippen LogP contribution >= 0.6 is 27.5 Å². The van der Waals surface area contributed by atoms with Gasteiger partial charge in [0.1, 0.15) is 5.82 Å². The summed E-state index contributed by atoms with van der Waals surface area (Å²) in [6.07, 6.45) is 2.98. The molecule has 1 amide bonds. The van der Waals surface area contributed by atoms with E-state index in [1.54, 1.807) is 36.4 Å². The second-order valence-electron chi connectivity index (χ2n) is 3.98. The molecule has 2 aromatic carbocycles. The van der Waals surface area contributed by atoms with Crippen LogP contribution in [-0.2, 0) is 4.79 Å². The third-order valence-corrected chi connectivity index (χ3v) is 3.90. The maximum atomic E-state index is 12.7. The number of carbonyl (C=O) groups excluding carboxylic acids is 1. The molecular weight excluding hydrogens is 345 g/mol. The van der Waals surface area contributed by atoms with E-state index >= 15 is 0 Å². The molecule has 0 bridgehead atoms. The third-order valence-electron chi connectivity index (χ3n) is 2.51. The highest BCUT2D eigenvalue weighted by Gasteiger charge is 2.05. The van der Waals surface area contributed by atoms with Crippen LogP contribution in [-0.4, -0.2) is 5.91 Å². The number of amides is 1. The molecule has 2 aromatic rings. The highest BCUT2D eigenvalue weighted by molar-refractivity contribution is 9.10. The van der Waals surface area contributed by atoms with Crippen LogP contribution in [0.5, 0.6) is 0 Å². The lowest BCUT2D eigenvalue weighted by Gasteiger charge is -2.06. The first-order valence-electron chi connectivity index (χ1n) is 5.75. The fourth-order valence-corrected chi connectivity index (χ4v) is 2.06. The average molecular weight is 355 g/mol. The van der Waals surface area contributed by atoms with Crippen molar-refractivity contribution in [2.45, 2.75) is 0 Å². The van der Waals surface area contributed by atoms with Gasteiger partial charge in [-0.1, -0.05) is 29.8 Å². The molecule has 0 atom stereocenters. The van der Waals surface area contributed by atoms with Crippen molar-refractivity contribution in [3.05, 3.63) is 69.4 Å². The van der Waals surface area contributed by atoms with E-state index in [0.717, 1.165) is 5.56 Å². The van der Waals surface area contributed by atoms with Crippen molar-refractivity contribution < 1.29 is 9.18 Å². The SMILES string of the molecule is O=C(/C=C/c1ccc(F)cc1)Nc1cccc(Cl)c1Br. The fraction of sp³-hybridized carbons (Fsp3) is 0. The summed E-state index contributed by atoms with van der Waals surface area (Å²) in [6.45, 7) is 0. The number of nitrogens with one attached hydrogen (secondary N) is 1. The van der Waals surface area contributed by atoms with Gasteiger partial charge in [0.2, 0.25) is 5.91 Å². The fourth-order valence-electron chi connectivity index (χ4n) is 1.52. The summed E-state index contributed by atoms with van der Waals surface area (Å²) in [5.74, 6) is -0.605. The van der Waals surface area contributed by atoms with Crippen LogP contribution in [0.3, 0.4) is 0 Å². The van der Waals surface area contributed by atoms with Gasteiger partial charge in [0.15, 0.2) is 0 Å². The van der Waals surface area contributed by atoms with E-state index in [4.69, 9.17) is 11.6 Å². The molecule has 0 saturated carbocycles. The summed E-state index contributed by atoms with van der Waals surface area (Å²) >= 11 is 9.23. The van der Waals surface area contributed by atoms with Gasteiger partial charge in [-0.3, -0.25) is 4.79 Å². The van der Waals surface area contributed by atoms with E-state index in [1.807, 2.05) is 0 Å². The number of carbonyl (C=O) groups is 1. The van der Waals surface area contributed by atoms with E-state index in [0.29, 0.717) is 15.2 Å². The van der Waals surface area contributed by atoms with E-state index in [2.05, 4.69) is 21.2 Å². The molecule has 2 rings (SSSR count). The minimum absolute atomic E-state index is 0.294. The zero-order valence-corrected chi connectivity index (χ0v) is 12.6. The molecule has 0 aliphatic carbocycles. The maximum Gasteiger partial charge on any atom is 0.248 e. The Morgan fingerprint density at radius 3 is 2.60 bits per heavy atom. The largest absolute Gasteiger partial charge is 0.321 e. The number of anilines is 1. The summed E-state index contributed by atoms with van der Waals surface area (Å²) in [4.78, 5) is 11.8. The standard InChI is InChI=1S/C15H10BrClFNO/c16-15-12(17)2-1-3-13(15)19-14(20)9-6-10-4-7-11(18)8-5-10/h1-9H,(H,19,20)/b9-6+. The zero-order valence-electron chi connectivity index (χ0n) is 10.2. The van der Waals surface area contributed by atoms with E-state index in [-0.39, 0.29) is 11.7 Å². The van der Waals surface area contributed by atoms with Gasteiger partial charge in [-0.15, -0.1) is 0 Å². The molecule has 0 radical (unpaired) electrons. The van der Waals surface area contributed by atoms with Crippen LogP contribution in [0.15, 0.2) is 53.0 Å². The van der Waals surface area contributed by atoms with Crippen LogP contribution in [0.2, 0.25) is 5.02 Å². The molecule has 0 saturated heterocycles. The summed E-state index contributed by atoms with van der Waals surface area (Å²) in [5.41, 5.74) is 1.33. The van der Waals surface area contributed by atoms with Crippen LogP contribution in [0.25, 0.3) is 6.08 Å². The summed E-state index contributed by atoms with van der Waals surface area (Å²) in [6, 6.07) is 11.1. The molecular formula is C15H10BrClFNO. The monoisotopic (exact) mass is 353 g/mol. The first-order valence-corrected chi connectivity index (χ1v) is 6.92. The van der Waals surface area contributed by atoms with Crippen LogP contribution in [0.1, 0.15) is 5.56 Å². The molecule has 5 heteroatoms.